The summed E-state index contributed by atoms with van der Waals surface area (Å²) in [6, 6.07) is 2.74. The minimum atomic E-state index is -0.791. The lowest BCUT2D eigenvalue weighted by Crippen LogP contribution is -2.15. The van der Waals surface area contributed by atoms with E-state index in [4.69, 9.17) is 14.2 Å². The average Bonchev–Trinajstić information content (AvgIpc) is 3.46. The summed E-state index contributed by atoms with van der Waals surface area (Å²) >= 11 is 1.10. The van der Waals surface area contributed by atoms with E-state index in [-0.39, 0.29) is 33.6 Å². The van der Waals surface area contributed by atoms with Crippen molar-refractivity contribution in [3.63, 3.8) is 0 Å². The van der Waals surface area contributed by atoms with Crippen LogP contribution in [-0.2, 0) is 4.74 Å². The molecule has 0 aliphatic rings. The number of esters is 1. The van der Waals surface area contributed by atoms with Crippen molar-refractivity contribution in [1.82, 2.24) is 9.97 Å². The minimum absolute atomic E-state index is 0.0105. The molecule has 13 heteroatoms. The summed E-state index contributed by atoms with van der Waals surface area (Å²) in [4.78, 5) is 42.5. The zero-order valence-electron chi connectivity index (χ0n) is 17.4. The van der Waals surface area contributed by atoms with E-state index in [9.17, 15) is 19.7 Å². The molecule has 0 aliphatic heterocycles. The van der Waals surface area contributed by atoms with E-state index in [1.54, 1.807) is 17.6 Å². The smallest absolute Gasteiger partial charge is 0.354 e. The van der Waals surface area contributed by atoms with Crippen molar-refractivity contribution in [2.75, 3.05) is 33.8 Å². The monoisotopic (exact) mass is 462 g/mol. The lowest BCUT2D eigenvalue weighted by Gasteiger charge is -2.14. The molecule has 0 atom stereocenters. The molecule has 32 heavy (non-hydrogen) atoms. The largest absolute Gasteiger partial charge is 0.493 e. The van der Waals surface area contributed by atoms with Crippen molar-refractivity contribution in [3.05, 3.63) is 45.1 Å². The molecule has 0 unspecified atom stereocenters. The van der Waals surface area contributed by atoms with Crippen molar-refractivity contribution < 1.29 is 33.5 Å². The maximum atomic E-state index is 12.9. The van der Waals surface area contributed by atoms with E-state index in [0.717, 1.165) is 11.3 Å². The summed E-state index contributed by atoms with van der Waals surface area (Å²) in [5, 5.41) is 16.1. The van der Waals surface area contributed by atoms with E-state index in [1.807, 2.05) is 0 Å². The van der Waals surface area contributed by atoms with Gasteiger partial charge in [-0.2, -0.15) is 0 Å². The number of nitro groups is 1. The van der Waals surface area contributed by atoms with Crippen LogP contribution in [-0.4, -0.2) is 55.2 Å². The van der Waals surface area contributed by atoms with Crippen molar-refractivity contribution in [3.8, 4) is 28.5 Å². The van der Waals surface area contributed by atoms with Crippen LogP contribution in [0.4, 0.5) is 10.8 Å². The number of hydrogen-bond acceptors (Lipinski definition) is 10. The third-order valence-electron chi connectivity index (χ3n) is 4.34. The molecular formula is C19H18N4O8S. The highest BCUT2D eigenvalue weighted by Crippen LogP contribution is 2.46. The molecule has 0 saturated carbocycles. The number of carbonyl (C=O) groups is 2. The van der Waals surface area contributed by atoms with Gasteiger partial charge in [-0.25, -0.2) is 9.78 Å². The number of nitrogens with zero attached hydrogens (tertiary/aromatic N) is 2. The van der Waals surface area contributed by atoms with E-state index >= 15 is 0 Å². The van der Waals surface area contributed by atoms with Crippen LogP contribution in [0, 0.1) is 10.1 Å². The van der Waals surface area contributed by atoms with Crippen LogP contribution in [0.1, 0.15) is 20.8 Å². The first-order valence-electron chi connectivity index (χ1n) is 8.85. The van der Waals surface area contributed by atoms with Gasteiger partial charge in [0.25, 0.3) is 5.91 Å². The molecule has 1 aromatic carbocycles. The fraction of sp³-hybridized carbons (Fsp3) is 0.211. The number of rotatable bonds is 8. The Labute approximate surface area is 185 Å². The van der Waals surface area contributed by atoms with Crippen LogP contribution in [0.3, 0.4) is 0 Å². The first-order valence-corrected chi connectivity index (χ1v) is 9.73. The summed E-state index contributed by atoms with van der Waals surface area (Å²) < 4.78 is 20.1. The van der Waals surface area contributed by atoms with Crippen molar-refractivity contribution in [2.24, 2.45) is 0 Å². The molecule has 0 fully saturated rings. The fourth-order valence-corrected chi connectivity index (χ4v) is 3.61. The van der Waals surface area contributed by atoms with Gasteiger partial charge in [0.1, 0.15) is 11.3 Å². The number of nitro benzene ring substituents is 1. The standard InChI is InChI=1S/C19H18N4O8S/c1-28-13-6-10(14(23(26)27)16(30-3)15(13)29-2)17(24)22-19-21-12(8-32-19)9-5-11(20-7-9)18(25)31-4/h5-8,20H,1-4H3,(H,21,22,24). The molecular weight excluding hydrogens is 444 g/mol. The predicted molar refractivity (Wildman–Crippen MR) is 114 cm³/mol. The topological polar surface area (TPSA) is 155 Å². The van der Waals surface area contributed by atoms with Crippen LogP contribution in [0.25, 0.3) is 11.3 Å². The average molecular weight is 462 g/mol. The van der Waals surface area contributed by atoms with Gasteiger partial charge in [0, 0.05) is 23.2 Å². The minimum Gasteiger partial charge on any atom is -0.493 e. The molecule has 0 aliphatic carbocycles. The number of anilines is 1. The summed E-state index contributed by atoms with van der Waals surface area (Å²) in [6.45, 7) is 0. The van der Waals surface area contributed by atoms with Crippen LogP contribution in [0.5, 0.6) is 17.2 Å². The third-order valence-corrected chi connectivity index (χ3v) is 5.10. The number of aromatic amines is 1. The Hall–Kier alpha value is -4.13. The molecule has 3 rings (SSSR count). The SMILES string of the molecule is COC(=O)c1cc(-c2csc(NC(=O)c3cc(OC)c(OC)c(OC)c3[N+](=O)[O-])n2)c[nH]1. The maximum absolute atomic E-state index is 12.9. The highest BCUT2D eigenvalue weighted by molar-refractivity contribution is 7.14. The van der Waals surface area contributed by atoms with Gasteiger partial charge in [0.2, 0.25) is 11.5 Å². The van der Waals surface area contributed by atoms with Crippen LogP contribution < -0.4 is 19.5 Å². The molecule has 2 aromatic heterocycles. The number of thiazole rings is 1. The Kier molecular flexibility index (Phi) is 6.59. The third kappa shape index (κ3) is 4.18. The molecule has 2 N–H and O–H groups in total. The van der Waals surface area contributed by atoms with E-state index < -0.39 is 22.5 Å². The Morgan fingerprint density at radius 2 is 1.84 bits per heavy atom. The molecule has 1 amide bonds. The van der Waals surface area contributed by atoms with E-state index in [1.165, 1.54) is 34.5 Å². The quantitative estimate of drug-likeness (QED) is 0.292. The number of aromatic nitrogens is 2. The second kappa shape index (κ2) is 9.34. The first-order chi connectivity index (χ1) is 15.3. The predicted octanol–water partition coefficient (Wildman–Crippen LogP) is 3.11. The lowest BCUT2D eigenvalue weighted by atomic mass is 10.1. The Balaban J connectivity index is 1.93. The summed E-state index contributed by atoms with van der Waals surface area (Å²) in [7, 11) is 5.12. The van der Waals surface area contributed by atoms with Crippen LogP contribution >= 0.6 is 11.3 Å². The van der Waals surface area contributed by atoms with Crippen LogP contribution in [0.15, 0.2) is 23.7 Å². The number of carbonyl (C=O) groups excluding carboxylic acids is 2. The molecule has 0 radical (unpaired) electrons. The second-order valence-electron chi connectivity index (χ2n) is 6.08. The number of nitrogens with one attached hydrogen (secondary N) is 2. The number of ether oxygens (including phenoxy) is 4. The molecule has 0 bridgehead atoms. The van der Waals surface area contributed by atoms with Gasteiger partial charge in [-0.15, -0.1) is 11.3 Å². The summed E-state index contributed by atoms with van der Waals surface area (Å²) in [6.07, 6.45) is 1.57. The number of methoxy groups -OCH3 is 4. The van der Waals surface area contributed by atoms with Gasteiger partial charge in [0.05, 0.1) is 39.1 Å². The normalized spacial score (nSPS) is 10.4. The summed E-state index contributed by atoms with van der Waals surface area (Å²) in [5.41, 5.74) is 0.454. The first kappa shape index (κ1) is 22.6. The molecule has 3 aromatic rings. The number of amides is 1. The molecule has 0 saturated heterocycles. The van der Waals surface area contributed by atoms with Gasteiger partial charge in [-0.3, -0.25) is 20.2 Å². The Morgan fingerprint density at radius 1 is 1.12 bits per heavy atom. The van der Waals surface area contributed by atoms with Crippen LogP contribution in [0.2, 0.25) is 0 Å². The Morgan fingerprint density at radius 3 is 2.44 bits per heavy atom. The number of benzene rings is 1. The molecule has 168 valence electrons. The zero-order chi connectivity index (χ0) is 23.4. The highest BCUT2D eigenvalue weighted by atomic mass is 32.1. The van der Waals surface area contributed by atoms with Gasteiger partial charge >= 0.3 is 11.7 Å². The molecule has 12 nitrogen and oxygen atoms in total. The maximum Gasteiger partial charge on any atom is 0.354 e. The highest BCUT2D eigenvalue weighted by Gasteiger charge is 2.32. The lowest BCUT2D eigenvalue weighted by molar-refractivity contribution is -0.386. The second-order valence-corrected chi connectivity index (χ2v) is 6.94. The summed E-state index contributed by atoms with van der Waals surface area (Å²) in [5.74, 6) is -1.49. The van der Waals surface area contributed by atoms with Crippen molar-refractivity contribution in [1.29, 1.82) is 0 Å². The van der Waals surface area contributed by atoms with Gasteiger partial charge < -0.3 is 23.9 Å². The number of hydrogen-bond donors (Lipinski definition) is 2. The molecule has 2 heterocycles. The van der Waals surface area contributed by atoms with E-state index in [0.29, 0.717) is 11.3 Å². The fourth-order valence-electron chi connectivity index (χ4n) is 2.89. The van der Waals surface area contributed by atoms with Crippen molar-refractivity contribution in [2.45, 2.75) is 0 Å². The van der Waals surface area contributed by atoms with Gasteiger partial charge in [-0.05, 0) is 6.07 Å². The van der Waals surface area contributed by atoms with Gasteiger partial charge in [0.15, 0.2) is 10.9 Å². The van der Waals surface area contributed by atoms with Gasteiger partial charge in [-0.1, -0.05) is 0 Å². The van der Waals surface area contributed by atoms with Crippen molar-refractivity contribution >= 4 is 34.0 Å². The Bertz CT molecular complexity index is 1190. The number of H-pyrrole nitrogens is 1. The van der Waals surface area contributed by atoms with E-state index in [2.05, 4.69) is 20.0 Å². The zero-order valence-corrected chi connectivity index (χ0v) is 18.2. The molecule has 0 spiro atoms.